The second kappa shape index (κ2) is 7.33. The van der Waals surface area contributed by atoms with Crippen molar-refractivity contribution in [2.75, 3.05) is 13.1 Å². The molecule has 0 saturated carbocycles. The standard InChI is InChI=1S/C18H20N2O4S/c1-14(21)15-6-5-7-16(12-15)24-18-9-8-17(13-19-18)25(22,23)20-10-3-2-4-11-20/h5-9,12-13H,2-4,10-11H2,1H3. The third kappa shape index (κ3) is 4.05. The molecule has 1 saturated heterocycles. The van der Waals surface area contributed by atoms with Crippen LogP contribution in [0, 0.1) is 0 Å². The summed E-state index contributed by atoms with van der Waals surface area (Å²) in [6.45, 7) is 2.59. The van der Waals surface area contributed by atoms with E-state index in [-0.39, 0.29) is 16.6 Å². The van der Waals surface area contributed by atoms with Gasteiger partial charge in [-0.05, 0) is 38.0 Å². The highest BCUT2D eigenvalue weighted by molar-refractivity contribution is 7.89. The predicted molar refractivity (Wildman–Crippen MR) is 93.4 cm³/mol. The molecule has 0 radical (unpaired) electrons. The molecule has 1 aliphatic rings. The van der Waals surface area contributed by atoms with Crippen LogP contribution in [0.1, 0.15) is 36.5 Å². The molecule has 7 heteroatoms. The van der Waals surface area contributed by atoms with Crippen molar-refractivity contribution >= 4 is 15.8 Å². The van der Waals surface area contributed by atoms with E-state index < -0.39 is 10.0 Å². The van der Waals surface area contributed by atoms with Crippen molar-refractivity contribution < 1.29 is 17.9 Å². The minimum Gasteiger partial charge on any atom is -0.439 e. The van der Waals surface area contributed by atoms with Gasteiger partial charge in [-0.15, -0.1) is 0 Å². The number of pyridine rings is 1. The topological polar surface area (TPSA) is 76.6 Å². The lowest BCUT2D eigenvalue weighted by Gasteiger charge is -2.25. The number of ketones is 1. The van der Waals surface area contributed by atoms with Crippen molar-refractivity contribution in [1.29, 1.82) is 0 Å². The average Bonchev–Trinajstić information content (AvgIpc) is 2.63. The van der Waals surface area contributed by atoms with Gasteiger partial charge in [-0.1, -0.05) is 18.6 Å². The number of carbonyl (C=O) groups is 1. The third-order valence-corrected chi connectivity index (χ3v) is 6.01. The van der Waals surface area contributed by atoms with E-state index in [2.05, 4.69) is 4.98 Å². The summed E-state index contributed by atoms with van der Waals surface area (Å²) in [6, 6.07) is 9.80. The van der Waals surface area contributed by atoms with E-state index >= 15 is 0 Å². The summed E-state index contributed by atoms with van der Waals surface area (Å²) < 4.78 is 32.3. The molecular weight excluding hydrogens is 340 g/mol. The fourth-order valence-electron chi connectivity index (χ4n) is 2.73. The minimum atomic E-state index is -3.50. The molecule has 0 bridgehead atoms. The van der Waals surface area contributed by atoms with Crippen molar-refractivity contribution in [1.82, 2.24) is 9.29 Å². The second-order valence-electron chi connectivity index (χ2n) is 5.98. The van der Waals surface area contributed by atoms with Crippen molar-refractivity contribution in [3.63, 3.8) is 0 Å². The van der Waals surface area contributed by atoms with E-state index in [1.54, 1.807) is 24.3 Å². The summed E-state index contributed by atoms with van der Waals surface area (Å²) in [6.07, 6.45) is 4.16. The Bertz CT molecular complexity index is 857. The minimum absolute atomic E-state index is 0.0543. The third-order valence-electron chi connectivity index (χ3n) is 4.12. The van der Waals surface area contributed by atoms with Crippen molar-refractivity contribution in [2.24, 2.45) is 0 Å². The fraction of sp³-hybridized carbons (Fsp3) is 0.333. The lowest BCUT2D eigenvalue weighted by Crippen LogP contribution is -2.35. The number of carbonyl (C=O) groups excluding carboxylic acids is 1. The molecule has 2 aromatic rings. The molecular formula is C18H20N2O4S. The summed E-state index contributed by atoms with van der Waals surface area (Å²) in [5.41, 5.74) is 0.543. The number of hydrogen-bond donors (Lipinski definition) is 0. The molecule has 6 nitrogen and oxygen atoms in total. The zero-order valence-electron chi connectivity index (χ0n) is 14.0. The van der Waals surface area contributed by atoms with E-state index in [9.17, 15) is 13.2 Å². The highest BCUT2D eigenvalue weighted by Crippen LogP contribution is 2.24. The maximum absolute atomic E-state index is 12.6. The van der Waals surface area contributed by atoms with Gasteiger partial charge in [-0.3, -0.25) is 4.79 Å². The van der Waals surface area contributed by atoms with E-state index in [4.69, 9.17) is 4.74 Å². The zero-order chi connectivity index (χ0) is 17.9. The predicted octanol–water partition coefficient (Wildman–Crippen LogP) is 3.25. The Kier molecular flexibility index (Phi) is 5.15. The first-order chi connectivity index (χ1) is 12.0. The van der Waals surface area contributed by atoms with Crippen LogP contribution in [0.25, 0.3) is 0 Å². The number of Topliss-reactive ketones (excluding diaryl/α,β-unsaturated/α-hetero) is 1. The van der Waals surface area contributed by atoms with Crippen LogP contribution in [0.3, 0.4) is 0 Å². The lowest BCUT2D eigenvalue weighted by molar-refractivity contribution is 0.101. The van der Waals surface area contributed by atoms with Gasteiger partial charge < -0.3 is 4.74 Å². The Hall–Kier alpha value is -2.25. The first-order valence-electron chi connectivity index (χ1n) is 8.22. The van der Waals surface area contributed by atoms with Gasteiger partial charge in [0, 0.05) is 24.7 Å². The maximum atomic E-state index is 12.6. The number of sulfonamides is 1. The van der Waals surface area contributed by atoms with Crippen LogP contribution in [0.2, 0.25) is 0 Å². The Balaban J connectivity index is 1.76. The highest BCUT2D eigenvalue weighted by Gasteiger charge is 2.26. The molecule has 1 fully saturated rings. The van der Waals surface area contributed by atoms with Crippen LogP contribution in [0.4, 0.5) is 0 Å². The van der Waals surface area contributed by atoms with Gasteiger partial charge in [-0.2, -0.15) is 4.31 Å². The fourth-order valence-corrected chi connectivity index (χ4v) is 4.20. The second-order valence-corrected chi connectivity index (χ2v) is 7.92. The summed E-state index contributed by atoms with van der Waals surface area (Å²) >= 11 is 0. The quantitative estimate of drug-likeness (QED) is 0.765. The molecule has 0 aliphatic carbocycles. The van der Waals surface area contributed by atoms with E-state index in [0.29, 0.717) is 24.4 Å². The molecule has 0 amide bonds. The molecule has 132 valence electrons. The molecule has 25 heavy (non-hydrogen) atoms. The number of aromatic nitrogens is 1. The van der Waals surface area contributed by atoms with Crippen LogP contribution in [0.5, 0.6) is 11.6 Å². The van der Waals surface area contributed by atoms with Gasteiger partial charge in [0.2, 0.25) is 15.9 Å². The highest BCUT2D eigenvalue weighted by atomic mass is 32.2. The van der Waals surface area contributed by atoms with Gasteiger partial charge in [0.1, 0.15) is 10.6 Å². The lowest BCUT2D eigenvalue weighted by atomic mass is 10.1. The monoisotopic (exact) mass is 360 g/mol. The van der Waals surface area contributed by atoms with Crippen molar-refractivity contribution in [3.05, 3.63) is 48.2 Å². The summed E-state index contributed by atoms with van der Waals surface area (Å²) in [5, 5.41) is 0. The molecule has 0 unspecified atom stereocenters. The number of ether oxygens (including phenoxy) is 1. The van der Waals surface area contributed by atoms with E-state index in [1.165, 1.54) is 29.6 Å². The number of hydrogen-bond acceptors (Lipinski definition) is 5. The average molecular weight is 360 g/mol. The summed E-state index contributed by atoms with van der Waals surface area (Å²) in [4.78, 5) is 15.7. The molecule has 0 spiro atoms. The Labute approximate surface area is 147 Å². The molecule has 0 atom stereocenters. The van der Waals surface area contributed by atoms with Gasteiger partial charge in [0.15, 0.2) is 5.78 Å². The van der Waals surface area contributed by atoms with Gasteiger partial charge in [0.05, 0.1) is 6.20 Å². The van der Waals surface area contributed by atoms with Gasteiger partial charge in [0.25, 0.3) is 0 Å². The van der Waals surface area contributed by atoms with Crippen LogP contribution < -0.4 is 4.74 Å². The summed E-state index contributed by atoms with van der Waals surface area (Å²) in [7, 11) is -3.50. The normalized spacial score (nSPS) is 15.7. The molecule has 3 rings (SSSR count). The van der Waals surface area contributed by atoms with Crippen LogP contribution in [-0.2, 0) is 10.0 Å². The number of rotatable bonds is 5. The van der Waals surface area contributed by atoms with Gasteiger partial charge >= 0.3 is 0 Å². The molecule has 1 aliphatic heterocycles. The first kappa shape index (κ1) is 17.6. The molecule has 1 aromatic carbocycles. The van der Waals surface area contributed by atoms with E-state index in [0.717, 1.165) is 19.3 Å². The zero-order valence-corrected chi connectivity index (χ0v) is 14.8. The Morgan fingerprint density at radius 2 is 1.88 bits per heavy atom. The Morgan fingerprint density at radius 1 is 1.12 bits per heavy atom. The maximum Gasteiger partial charge on any atom is 0.244 e. The van der Waals surface area contributed by atoms with Crippen LogP contribution >= 0.6 is 0 Å². The smallest absolute Gasteiger partial charge is 0.244 e. The number of nitrogens with zero attached hydrogens (tertiary/aromatic N) is 2. The van der Waals surface area contributed by atoms with Crippen molar-refractivity contribution in [2.45, 2.75) is 31.1 Å². The van der Waals surface area contributed by atoms with Crippen LogP contribution in [0.15, 0.2) is 47.5 Å². The Morgan fingerprint density at radius 3 is 2.52 bits per heavy atom. The first-order valence-corrected chi connectivity index (χ1v) is 9.66. The van der Waals surface area contributed by atoms with Crippen LogP contribution in [-0.4, -0.2) is 36.6 Å². The molecule has 1 aromatic heterocycles. The van der Waals surface area contributed by atoms with Gasteiger partial charge in [-0.25, -0.2) is 13.4 Å². The SMILES string of the molecule is CC(=O)c1cccc(Oc2ccc(S(=O)(=O)N3CCCCC3)cn2)c1. The largest absolute Gasteiger partial charge is 0.439 e. The van der Waals surface area contributed by atoms with Crippen molar-refractivity contribution in [3.8, 4) is 11.6 Å². The number of piperidine rings is 1. The summed E-state index contributed by atoms with van der Waals surface area (Å²) in [5.74, 6) is 0.700. The molecule has 0 N–H and O–H groups in total. The number of benzene rings is 1. The van der Waals surface area contributed by atoms with E-state index in [1.807, 2.05) is 0 Å². The molecule has 2 heterocycles.